The van der Waals surface area contributed by atoms with Gasteiger partial charge in [0, 0.05) is 25.4 Å². The van der Waals surface area contributed by atoms with E-state index < -0.39 is 11.9 Å². The number of halogens is 3. The van der Waals surface area contributed by atoms with E-state index in [9.17, 15) is 13.2 Å². The first-order chi connectivity index (χ1) is 8.40. The Labute approximate surface area is 101 Å². The van der Waals surface area contributed by atoms with Crippen LogP contribution in [0.2, 0.25) is 0 Å². The molecular formula is C10H12F3N5. The molecule has 0 saturated carbocycles. The zero-order chi connectivity index (χ0) is 13.3. The summed E-state index contributed by atoms with van der Waals surface area (Å²) in [7, 11) is 1.26. The van der Waals surface area contributed by atoms with Gasteiger partial charge in [-0.05, 0) is 6.07 Å². The lowest BCUT2D eigenvalue weighted by atomic mass is 10.3. The molecule has 0 saturated heterocycles. The Kier molecular flexibility index (Phi) is 3.12. The van der Waals surface area contributed by atoms with E-state index in [0.29, 0.717) is 12.2 Å². The van der Waals surface area contributed by atoms with Crippen LogP contribution >= 0.6 is 0 Å². The highest BCUT2D eigenvalue weighted by molar-refractivity contribution is 5.14. The lowest BCUT2D eigenvalue weighted by Crippen LogP contribution is -2.11. The van der Waals surface area contributed by atoms with Crippen molar-refractivity contribution >= 4 is 0 Å². The van der Waals surface area contributed by atoms with Crippen molar-refractivity contribution in [3.63, 3.8) is 0 Å². The van der Waals surface area contributed by atoms with Gasteiger partial charge >= 0.3 is 6.18 Å². The molecule has 0 unspecified atom stereocenters. The summed E-state index contributed by atoms with van der Waals surface area (Å²) in [6, 6.07) is 1.02. The second-order valence-electron chi connectivity index (χ2n) is 3.89. The Balaban J connectivity index is 2.20. The maximum absolute atomic E-state index is 12.6. The Morgan fingerprint density at radius 2 is 2.11 bits per heavy atom. The third-order valence-corrected chi connectivity index (χ3v) is 2.47. The first-order valence-electron chi connectivity index (χ1n) is 5.21. The first kappa shape index (κ1) is 12.6. The van der Waals surface area contributed by atoms with Crippen molar-refractivity contribution in [1.29, 1.82) is 0 Å². The maximum atomic E-state index is 12.6. The number of hydrogen-bond acceptors (Lipinski definition) is 3. The summed E-state index contributed by atoms with van der Waals surface area (Å²) >= 11 is 0. The molecule has 0 fully saturated rings. The fourth-order valence-corrected chi connectivity index (χ4v) is 1.63. The second kappa shape index (κ2) is 4.45. The highest BCUT2D eigenvalue weighted by atomic mass is 19.4. The van der Waals surface area contributed by atoms with Crippen LogP contribution in [0.3, 0.4) is 0 Å². The summed E-state index contributed by atoms with van der Waals surface area (Å²) in [4.78, 5) is 0. The van der Waals surface area contributed by atoms with Gasteiger partial charge in [0.05, 0.1) is 18.4 Å². The largest absolute Gasteiger partial charge is 0.433 e. The summed E-state index contributed by atoms with van der Waals surface area (Å²) in [5.74, 6) is 0. The number of aromatic nitrogens is 4. The molecule has 2 rings (SSSR count). The highest BCUT2D eigenvalue weighted by Crippen LogP contribution is 2.29. The maximum Gasteiger partial charge on any atom is 0.433 e. The molecule has 2 aromatic rings. The highest BCUT2D eigenvalue weighted by Gasteiger charge is 2.34. The van der Waals surface area contributed by atoms with Crippen LogP contribution in [-0.4, -0.2) is 19.6 Å². The molecule has 2 aromatic heterocycles. The molecular weight excluding hydrogens is 247 g/mol. The van der Waals surface area contributed by atoms with Gasteiger partial charge in [-0.1, -0.05) is 0 Å². The lowest BCUT2D eigenvalue weighted by molar-refractivity contribution is -0.143. The molecule has 2 N–H and O–H groups in total. The molecule has 0 amide bonds. The standard InChI is InChI=1S/C10H12F3N5/c1-17-9(10(11,12)13)2-8(16-17)6-18-5-7(3-14)4-15-18/h2,4-5H,3,6,14H2,1H3. The SMILES string of the molecule is Cn1nc(Cn2cc(CN)cn2)cc1C(F)(F)F. The fourth-order valence-electron chi connectivity index (χ4n) is 1.63. The molecule has 0 bridgehead atoms. The van der Waals surface area contributed by atoms with Crippen molar-refractivity contribution < 1.29 is 13.2 Å². The Morgan fingerprint density at radius 3 is 2.61 bits per heavy atom. The number of rotatable bonds is 3. The van der Waals surface area contributed by atoms with E-state index in [1.54, 1.807) is 12.4 Å². The molecule has 0 radical (unpaired) electrons. The van der Waals surface area contributed by atoms with E-state index in [1.807, 2.05) is 0 Å². The van der Waals surface area contributed by atoms with Gasteiger partial charge in [-0.3, -0.25) is 9.36 Å². The van der Waals surface area contributed by atoms with Crippen molar-refractivity contribution in [2.24, 2.45) is 12.8 Å². The smallest absolute Gasteiger partial charge is 0.326 e. The zero-order valence-corrected chi connectivity index (χ0v) is 9.65. The Bertz CT molecular complexity index is 540. The van der Waals surface area contributed by atoms with Gasteiger partial charge in [0.15, 0.2) is 0 Å². The number of nitrogens with zero attached hydrogens (tertiary/aromatic N) is 4. The molecule has 2 heterocycles. The summed E-state index contributed by atoms with van der Waals surface area (Å²) in [6.45, 7) is 0.528. The minimum atomic E-state index is -4.40. The monoisotopic (exact) mass is 259 g/mol. The first-order valence-corrected chi connectivity index (χ1v) is 5.21. The summed E-state index contributed by atoms with van der Waals surface area (Å²) in [6.07, 6.45) is -1.14. The van der Waals surface area contributed by atoms with Crippen molar-refractivity contribution in [1.82, 2.24) is 19.6 Å². The predicted octanol–water partition coefficient (Wildman–Crippen LogP) is 1.14. The van der Waals surface area contributed by atoms with Crippen molar-refractivity contribution in [3.05, 3.63) is 35.4 Å². The van der Waals surface area contributed by atoms with Crippen LogP contribution in [0.15, 0.2) is 18.5 Å². The van der Waals surface area contributed by atoms with Crippen LogP contribution in [0.4, 0.5) is 13.2 Å². The topological polar surface area (TPSA) is 61.7 Å². The number of aryl methyl sites for hydroxylation is 1. The van der Waals surface area contributed by atoms with E-state index in [1.165, 1.54) is 11.7 Å². The third-order valence-electron chi connectivity index (χ3n) is 2.47. The quantitative estimate of drug-likeness (QED) is 0.899. The average molecular weight is 259 g/mol. The molecule has 0 spiro atoms. The molecule has 0 aliphatic heterocycles. The van der Waals surface area contributed by atoms with Gasteiger partial charge in [-0.2, -0.15) is 23.4 Å². The predicted molar refractivity (Wildman–Crippen MR) is 57.4 cm³/mol. The zero-order valence-electron chi connectivity index (χ0n) is 9.65. The molecule has 0 aliphatic carbocycles. The normalized spacial score (nSPS) is 12.1. The second-order valence-corrected chi connectivity index (χ2v) is 3.89. The molecule has 8 heteroatoms. The molecule has 18 heavy (non-hydrogen) atoms. The van der Waals surface area contributed by atoms with Gasteiger partial charge in [0.1, 0.15) is 5.69 Å². The van der Waals surface area contributed by atoms with Crippen molar-refractivity contribution in [2.75, 3.05) is 0 Å². The van der Waals surface area contributed by atoms with Crippen LogP contribution in [0.25, 0.3) is 0 Å². The minimum absolute atomic E-state index is 0.184. The van der Waals surface area contributed by atoms with Crippen LogP contribution in [0.5, 0.6) is 0 Å². The van der Waals surface area contributed by atoms with E-state index in [-0.39, 0.29) is 6.54 Å². The molecule has 98 valence electrons. The van der Waals surface area contributed by atoms with Crippen LogP contribution in [0, 0.1) is 0 Å². The van der Waals surface area contributed by atoms with E-state index in [2.05, 4.69) is 10.2 Å². The summed E-state index contributed by atoms with van der Waals surface area (Å²) < 4.78 is 40.0. The van der Waals surface area contributed by atoms with Gasteiger partial charge < -0.3 is 5.73 Å². The van der Waals surface area contributed by atoms with Crippen molar-refractivity contribution in [2.45, 2.75) is 19.3 Å². The van der Waals surface area contributed by atoms with E-state index in [4.69, 9.17) is 5.73 Å². The van der Waals surface area contributed by atoms with E-state index in [0.717, 1.165) is 16.3 Å². The Hall–Kier alpha value is -1.83. The molecule has 0 atom stereocenters. The van der Waals surface area contributed by atoms with Gasteiger partial charge in [0.2, 0.25) is 0 Å². The lowest BCUT2D eigenvalue weighted by Gasteiger charge is -2.04. The minimum Gasteiger partial charge on any atom is -0.326 e. The van der Waals surface area contributed by atoms with Crippen molar-refractivity contribution in [3.8, 4) is 0 Å². The molecule has 5 nitrogen and oxygen atoms in total. The van der Waals surface area contributed by atoms with E-state index >= 15 is 0 Å². The van der Waals surface area contributed by atoms with Crippen LogP contribution in [0.1, 0.15) is 17.0 Å². The number of nitrogens with two attached hydrogens (primary N) is 1. The van der Waals surface area contributed by atoms with Gasteiger partial charge in [-0.15, -0.1) is 0 Å². The third kappa shape index (κ3) is 2.53. The van der Waals surface area contributed by atoms with Gasteiger partial charge in [0.25, 0.3) is 0 Å². The summed E-state index contributed by atoms with van der Waals surface area (Å²) in [5, 5.41) is 7.80. The van der Waals surface area contributed by atoms with Gasteiger partial charge in [-0.25, -0.2) is 0 Å². The molecule has 0 aliphatic rings. The Morgan fingerprint density at radius 1 is 1.39 bits per heavy atom. The average Bonchev–Trinajstić information content (AvgIpc) is 2.84. The fraction of sp³-hybridized carbons (Fsp3) is 0.400. The van der Waals surface area contributed by atoms with Crippen LogP contribution in [-0.2, 0) is 26.3 Å². The summed E-state index contributed by atoms with van der Waals surface area (Å²) in [5.41, 5.74) is 5.77. The van der Waals surface area contributed by atoms with Crippen LogP contribution < -0.4 is 5.73 Å². The number of alkyl halides is 3. The number of hydrogen-bond donors (Lipinski definition) is 1. The molecule has 0 aromatic carbocycles.